The lowest BCUT2D eigenvalue weighted by Gasteiger charge is -2.50. The van der Waals surface area contributed by atoms with Crippen molar-refractivity contribution in [3.05, 3.63) is 53.6 Å². The Morgan fingerprint density at radius 3 is 2.64 bits per heavy atom. The summed E-state index contributed by atoms with van der Waals surface area (Å²) < 4.78 is 14.0. The van der Waals surface area contributed by atoms with Crippen molar-refractivity contribution < 1.29 is 9.47 Å². The number of anilines is 2. The van der Waals surface area contributed by atoms with Crippen molar-refractivity contribution in [1.82, 2.24) is 24.8 Å². The zero-order valence-corrected chi connectivity index (χ0v) is 21.8. The number of ether oxygens (including phenoxy) is 2. The summed E-state index contributed by atoms with van der Waals surface area (Å²) in [6, 6.07) is 8.22. The SMILES string of the molecule is CCOc1cc(-c2nncn2C)ccc1NN1C=Cc2cc(C)nc(N3CC(CC)(OCC)C3)c2C1. The molecule has 1 aromatic carbocycles. The molecule has 0 bridgehead atoms. The summed E-state index contributed by atoms with van der Waals surface area (Å²) in [5.74, 6) is 2.62. The van der Waals surface area contributed by atoms with Crippen LogP contribution < -0.4 is 15.1 Å². The lowest BCUT2D eigenvalue weighted by Crippen LogP contribution is -2.63. The molecule has 1 fully saturated rings. The van der Waals surface area contributed by atoms with Gasteiger partial charge in [-0.25, -0.2) is 4.98 Å². The van der Waals surface area contributed by atoms with Gasteiger partial charge in [-0.3, -0.25) is 10.4 Å². The van der Waals surface area contributed by atoms with Gasteiger partial charge in [0.2, 0.25) is 0 Å². The van der Waals surface area contributed by atoms with E-state index in [0.717, 1.165) is 60.5 Å². The summed E-state index contributed by atoms with van der Waals surface area (Å²) in [5.41, 5.74) is 8.77. The first-order chi connectivity index (χ1) is 17.4. The van der Waals surface area contributed by atoms with Gasteiger partial charge in [0, 0.05) is 36.7 Å². The van der Waals surface area contributed by atoms with E-state index < -0.39 is 0 Å². The number of hydrogen-bond acceptors (Lipinski definition) is 8. The van der Waals surface area contributed by atoms with Gasteiger partial charge in [0.25, 0.3) is 0 Å². The number of pyridine rings is 1. The zero-order chi connectivity index (χ0) is 25.3. The molecule has 0 amide bonds. The Kier molecular flexibility index (Phi) is 6.57. The van der Waals surface area contributed by atoms with Crippen LogP contribution in [0.5, 0.6) is 5.75 Å². The van der Waals surface area contributed by atoms with Gasteiger partial charge in [-0.1, -0.05) is 6.92 Å². The van der Waals surface area contributed by atoms with Crippen LogP contribution in [-0.4, -0.2) is 56.7 Å². The highest BCUT2D eigenvalue weighted by Gasteiger charge is 2.44. The highest BCUT2D eigenvalue weighted by Crippen LogP contribution is 2.38. The van der Waals surface area contributed by atoms with Crippen molar-refractivity contribution in [3.63, 3.8) is 0 Å². The second kappa shape index (κ2) is 9.81. The van der Waals surface area contributed by atoms with Crippen molar-refractivity contribution in [2.45, 2.75) is 46.3 Å². The Bertz CT molecular complexity index is 1260. The van der Waals surface area contributed by atoms with Crippen LogP contribution in [0.25, 0.3) is 17.5 Å². The standard InChI is InChI=1S/C27H35N7O2/c1-6-27(36-8-3)16-33(17-27)26-22-15-34(12-11-20(22)13-19(4)29-26)31-23-10-9-21(14-24(23)35-7-2)25-30-28-18-32(25)5/h9-14,18,31H,6-8,15-17H2,1-5H3. The van der Waals surface area contributed by atoms with E-state index in [0.29, 0.717) is 13.2 Å². The zero-order valence-electron chi connectivity index (χ0n) is 21.8. The number of rotatable bonds is 9. The highest BCUT2D eigenvalue weighted by molar-refractivity contribution is 5.69. The molecule has 0 saturated carbocycles. The van der Waals surface area contributed by atoms with Gasteiger partial charge in [-0.05, 0) is 63.1 Å². The minimum Gasteiger partial charge on any atom is -0.492 e. The van der Waals surface area contributed by atoms with Crippen molar-refractivity contribution in [2.75, 3.05) is 36.6 Å². The van der Waals surface area contributed by atoms with Gasteiger partial charge in [0.1, 0.15) is 23.5 Å². The normalized spacial score (nSPS) is 16.0. The largest absolute Gasteiger partial charge is 0.492 e. The summed E-state index contributed by atoms with van der Waals surface area (Å²) in [4.78, 5) is 7.30. The molecular formula is C27H35N7O2. The van der Waals surface area contributed by atoms with Crippen molar-refractivity contribution in [1.29, 1.82) is 0 Å². The molecule has 2 aliphatic heterocycles. The summed E-state index contributed by atoms with van der Waals surface area (Å²) in [6.45, 7) is 12.0. The van der Waals surface area contributed by atoms with Crippen LogP contribution in [0.4, 0.5) is 11.5 Å². The maximum atomic E-state index is 6.09. The van der Waals surface area contributed by atoms with Gasteiger partial charge in [-0.15, -0.1) is 10.2 Å². The quantitative estimate of drug-likeness (QED) is 0.474. The molecule has 2 aliphatic rings. The molecule has 0 atom stereocenters. The molecule has 36 heavy (non-hydrogen) atoms. The molecule has 1 N–H and O–H groups in total. The highest BCUT2D eigenvalue weighted by atomic mass is 16.5. The van der Waals surface area contributed by atoms with E-state index in [1.165, 1.54) is 11.1 Å². The van der Waals surface area contributed by atoms with Crippen LogP contribution in [0.15, 0.2) is 36.8 Å². The molecule has 0 radical (unpaired) electrons. The van der Waals surface area contributed by atoms with Crippen LogP contribution in [0, 0.1) is 6.92 Å². The fourth-order valence-corrected chi connectivity index (χ4v) is 5.00. The number of nitrogens with zero attached hydrogens (tertiary/aromatic N) is 6. The number of hydrogen-bond donors (Lipinski definition) is 1. The molecule has 4 heterocycles. The molecule has 9 nitrogen and oxygen atoms in total. The molecule has 0 spiro atoms. The van der Waals surface area contributed by atoms with Gasteiger partial charge in [-0.2, -0.15) is 0 Å². The third kappa shape index (κ3) is 4.51. The van der Waals surface area contributed by atoms with Crippen molar-refractivity contribution in [2.24, 2.45) is 7.05 Å². The van der Waals surface area contributed by atoms with Crippen LogP contribution >= 0.6 is 0 Å². The van der Waals surface area contributed by atoms with Crippen LogP contribution in [0.2, 0.25) is 0 Å². The van der Waals surface area contributed by atoms with Crippen molar-refractivity contribution in [3.8, 4) is 17.1 Å². The van der Waals surface area contributed by atoms with E-state index in [1.807, 2.05) is 36.7 Å². The van der Waals surface area contributed by atoms with Crippen LogP contribution in [0.1, 0.15) is 44.0 Å². The molecule has 9 heteroatoms. The monoisotopic (exact) mass is 489 g/mol. The number of fused-ring (bicyclic) bond motifs is 1. The van der Waals surface area contributed by atoms with E-state index in [-0.39, 0.29) is 5.60 Å². The number of nitrogens with one attached hydrogen (secondary N) is 1. The molecular weight excluding hydrogens is 454 g/mol. The summed E-state index contributed by atoms with van der Waals surface area (Å²) >= 11 is 0. The number of aromatic nitrogens is 4. The Balaban J connectivity index is 1.38. The van der Waals surface area contributed by atoms with Crippen LogP contribution in [-0.2, 0) is 18.3 Å². The summed E-state index contributed by atoms with van der Waals surface area (Å²) in [6.07, 6.45) is 6.92. The Morgan fingerprint density at radius 1 is 1.11 bits per heavy atom. The maximum absolute atomic E-state index is 6.09. The van der Waals surface area contributed by atoms with E-state index >= 15 is 0 Å². The van der Waals surface area contributed by atoms with E-state index in [1.54, 1.807) is 6.33 Å². The topological polar surface area (TPSA) is 80.6 Å². The minimum absolute atomic E-state index is 0.0631. The number of benzene rings is 1. The Morgan fingerprint density at radius 2 is 1.94 bits per heavy atom. The fraction of sp³-hybridized carbons (Fsp3) is 0.444. The lowest BCUT2D eigenvalue weighted by molar-refractivity contribution is -0.0621. The van der Waals surface area contributed by atoms with Crippen molar-refractivity contribution >= 4 is 17.6 Å². The molecule has 1 saturated heterocycles. The Labute approximate surface area is 212 Å². The maximum Gasteiger partial charge on any atom is 0.163 e. The van der Waals surface area contributed by atoms with Gasteiger partial charge >= 0.3 is 0 Å². The Hall–Kier alpha value is -3.59. The predicted octanol–water partition coefficient (Wildman–Crippen LogP) is 4.40. The molecule has 190 valence electrons. The first-order valence-corrected chi connectivity index (χ1v) is 12.7. The van der Waals surface area contributed by atoms with E-state index in [4.69, 9.17) is 14.5 Å². The lowest BCUT2D eigenvalue weighted by atomic mass is 9.89. The average Bonchev–Trinajstić information content (AvgIpc) is 3.28. The van der Waals surface area contributed by atoms with E-state index in [2.05, 4.69) is 64.6 Å². The first-order valence-electron chi connectivity index (χ1n) is 12.7. The van der Waals surface area contributed by atoms with E-state index in [9.17, 15) is 0 Å². The molecule has 2 aromatic heterocycles. The fourth-order valence-electron chi connectivity index (χ4n) is 5.00. The molecule has 5 rings (SSSR count). The van der Waals surface area contributed by atoms with Gasteiger partial charge < -0.3 is 18.9 Å². The molecule has 3 aromatic rings. The summed E-state index contributed by atoms with van der Waals surface area (Å²) in [5, 5.41) is 10.3. The minimum atomic E-state index is -0.0631. The predicted molar refractivity (Wildman–Crippen MR) is 142 cm³/mol. The average molecular weight is 490 g/mol. The number of hydrazine groups is 1. The molecule has 0 unspecified atom stereocenters. The second-order valence-corrected chi connectivity index (χ2v) is 9.45. The third-order valence-electron chi connectivity index (χ3n) is 6.90. The summed E-state index contributed by atoms with van der Waals surface area (Å²) in [7, 11) is 1.93. The van der Waals surface area contributed by atoms with Gasteiger partial charge in [0.05, 0.1) is 31.9 Å². The smallest absolute Gasteiger partial charge is 0.163 e. The number of aryl methyl sites for hydroxylation is 2. The first kappa shape index (κ1) is 24.1. The van der Waals surface area contributed by atoms with Gasteiger partial charge in [0.15, 0.2) is 5.82 Å². The second-order valence-electron chi connectivity index (χ2n) is 9.45. The third-order valence-corrected chi connectivity index (χ3v) is 6.90. The molecule has 0 aliphatic carbocycles. The van der Waals surface area contributed by atoms with Crippen LogP contribution in [0.3, 0.4) is 0 Å².